The van der Waals surface area contributed by atoms with Gasteiger partial charge >= 0.3 is 0 Å². The van der Waals surface area contributed by atoms with Gasteiger partial charge in [0, 0.05) is 0 Å². The summed E-state index contributed by atoms with van der Waals surface area (Å²) in [7, 11) is 0. The third-order valence-electron chi connectivity index (χ3n) is 0.157. The summed E-state index contributed by atoms with van der Waals surface area (Å²) in [5.74, 6) is 0. The zero-order valence-electron chi connectivity index (χ0n) is 2.85. The third-order valence-corrected chi connectivity index (χ3v) is 0.398. The van der Waals surface area contributed by atoms with Crippen LogP contribution in [0.5, 0.6) is 0 Å². The molecule has 0 amide bonds. The van der Waals surface area contributed by atoms with Crippen LogP contribution in [-0.4, -0.2) is 8.84 Å². The predicted octanol–water partition coefficient (Wildman–Crippen LogP) is -0.450. The van der Waals surface area contributed by atoms with Gasteiger partial charge in [-0.25, -0.2) is 0 Å². The molecule has 0 aliphatic rings. The van der Waals surface area contributed by atoms with Gasteiger partial charge in [-0.1, -0.05) is 0 Å². The maximum Gasteiger partial charge on any atom is 0.255 e. The fourth-order valence-electron chi connectivity index (χ4n) is 0. The average Bonchev–Trinajstić information content (AvgIpc) is 1.35. The first-order valence-corrected chi connectivity index (χ1v) is 2.25. The van der Waals surface area contributed by atoms with E-state index in [1.54, 1.807) is 0 Å². The first-order valence-electron chi connectivity index (χ1n) is 1.17. The number of aliphatic hydroxyl groups is 1. The molecule has 0 aromatic rings. The van der Waals surface area contributed by atoms with Gasteiger partial charge in [0.25, 0.3) is 3.73 Å². The van der Waals surface area contributed by atoms with Crippen LogP contribution in [0, 0.1) is 11.3 Å². The zero-order valence-corrected chi connectivity index (χ0v) is 5.01. The standard InChI is InChI=1S/C2H3IN2O/c3-2(5,6)1-4/h6H,5H2. The summed E-state index contributed by atoms with van der Waals surface area (Å²) in [6, 6.07) is 1.42. The highest BCUT2D eigenvalue weighted by atomic mass is 127. The second-order valence-corrected chi connectivity index (χ2v) is 2.43. The van der Waals surface area contributed by atoms with Crippen molar-refractivity contribution in [3.05, 3.63) is 0 Å². The summed E-state index contributed by atoms with van der Waals surface area (Å²) in [6.07, 6.45) is 0. The number of rotatable bonds is 0. The van der Waals surface area contributed by atoms with Gasteiger partial charge in [0.2, 0.25) is 0 Å². The largest absolute Gasteiger partial charge is 0.356 e. The number of nitriles is 1. The van der Waals surface area contributed by atoms with E-state index < -0.39 is 3.73 Å². The minimum atomic E-state index is -1.68. The molecular formula is C2H3IN2O. The fraction of sp³-hybridized carbons (Fsp3) is 0.500. The summed E-state index contributed by atoms with van der Waals surface area (Å²) >= 11 is 1.41. The van der Waals surface area contributed by atoms with Gasteiger partial charge in [0.15, 0.2) is 0 Å². The van der Waals surface area contributed by atoms with Crippen molar-refractivity contribution in [3.8, 4) is 6.07 Å². The predicted molar refractivity (Wildman–Crippen MR) is 28.8 cm³/mol. The van der Waals surface area contributed by atoms with Gasteiger partial charge in [0.05, 0.1) is 0 Å². The Labute approximate surface area is 48.9 Å². The maximum atomic E-state index is 8.23. The zero-order chi connectivity index (χ0) is 5.21. The Bertz CT molecular complexity index is 78.5. The van der Waals surface area contributed by atoms with Gasteiger partial charge in [-0.2, -0.15) is 5.26 Å². The third kappa shape index (κ3) is 4.14. The minimum Gasteiger partial charge on any atom is -0.356 e. The fourth-order valence-corrected chi connectivity index (χ4v) is 0. The van der Waals surface area contributed by atoms with E-state index in [9.17, 15) is 0 Å². The first kappa shape index (κ1) is 6.14. The highest BCUT2D eigenvalue weighted by Crippen LogP contribution is 2.00. The molecule has 0 aromatic carbocycles. The summed E-state index contributed by atoms with van der Waals surface area (Å²) < 4.78 is -1.68. The number of hydrogen-bond donors (Lipinski definition) is 2. The van der Waals surface area contributed by atoms with Gasteiger partial charge in [-0.3, -0.25) is 5.73 Å². The van der Waals surface area contributed by atoms with E-state index in [2.05, 4.69) is 0 Å². The molecule has 0 rings (SSSR count). The van der Waals surface area contributed by atoms with Crippen LogP contribution in [-0.2, 0) is 0 Å². The topological polar surface area (TPSA) is 70.0 Å². The van der Waals surface area contributed by atoms with Crippen LogP contribution in [0.3, 0.4) is 0 Å². The van der Waals surface area contributed by atoms with Crippen molar-refractivity contribution >= 4 is 22.6 Å². The van der Waals surface area contributed by atoms with Crippen LogP contribution >= 0.6 is 22.6 Å². The van der Waals surface area contributed by atoms with Crippen LogP contribution in [0.2, 0.25) is 0 Å². The van der Waals surface area contributed by atoms with E-state index in [0.717, 1.165) is 0 Å². The lowest BCUT2D eigenvalue weighted by Gasteiger charge is -1.98. The molecule has 6 heavy (non-hydrogen) atoms. The van der Waals surface area contributed by atoms with Gasteiger partial charge in [0.1, 0.15) is 6.07 Å². The van der Waals surface area contributed by atoms with E-state index in [0.29, 0.717) is 0 Å². The molecular weight excluding hydrogens is 195 g/mol. The molecule has 1 unspecified atom stereocenters. The molecule has 1 atom stereocenters. The molecule has 3 nitrogen and oxygen atoms in total. The molecule has 0 aliphatic carbocycles. The van der Waals surface area contributed by atoms with E-state index in [1.807, 2.05) is 0 Å². The highest BCUT2D eigenvalue weighted by molar-refractivity contribution is 14.1. The Morgan fingerprint density at radius 2 is 2.17 bits per heavy atom. The maximum absolute atomic E-state index is 8.23. The molecule has 3 N–H and O–H groups in total. The minimum absolute atomic E-state index is 1.41. The lowest BCUT2D eigenvalue weighted by atomic mass is 10.7. The Morgan fingerprint density at radius 1 is 2.00 bits per heavy atom. The Kier molecular flexibility index (Phi) is 1.77. The number of hydrogen-bond acceptors (Lipinski definition) is 3. The summed E-state index contributed by atoms with van der Waals surface area (Å²) in [5, 5.41) is 16.0. The SMILES string of the molecule is N#CC(N)(O)I. The number of halogens is 1. The molecule has 0 saturated heterocycles. The highest BCUT2D eigenvalue weighted by Gasteiger charge is 2.10. The monoisotopic (exact) mass is 198 g/mol. The molecule has 0 aromatic heterocycles. The molecule has 0 fully saturated rings. The first-order chi connectivity index (χ1) is 2.56. The summed E-state index contributed by atoms with van der Waals surface area (Å²) in [4.78, 5) is 0. The van der Waals surface area contributed by atoms with Crippen molar-refractivity contribution in [2.45, 2.75) is 3.73 Å². The molecule has 0 saturated carbocycles. The molecule has 4 heteroatoms. The van der Waals surface area contributed by atoms with Crippen LogP contribution in [0.15, 0.2) is 0 Å². The summed E-state index contributed by atoms with van der Waals surface area (Å²) in [5.41, 5.74) is 4.72. The van der Waals surface area contributed by atoms with Gasteiger partial charge in [-0.05, 0) is 22.6 Å². The van der Waals surface area contributed by atoms with Gasteiger partial charge in [-0.15, -0.1) is 0 Å². The second kappa shape index (κ2) is 1.73. The van der Waals surface area contributed by atoms with Crippen LogP contribution < -0.4 is 5.73 Å². The van der Waals surface area contributed by atoms with E-state index in [4.69, 9.17) is 16.1 Å². The normalized spacial score (nSPS) is 18.3. The second-order valence-electron chi connectivity index (χ2n) is 0.785. The van der Waals surface area contributed by atoms with Crippen molar-refractivity contribution < 1.29 is 5.11 Å². The van der Waals surface area contributed by atoms with Crippen LogP contribution in [0.25, 0.3) is 0 Å². The average molecular weight is 198 g/mol. The summed E-state index contributed by atoms with van der Waals surface area (Å²) in [6.45, 7) is 0. The van der Waals surface area contributed by atoms with Crippen molar-refractivity contribution in [2.75, 3.05) is 0 Å². The number of alkyl halides is 1. The van der Waals surface area contributed by atoms with Gasteiger partial charge < -0.3 is 5.11 Å². The lowest BCUT2D eigenvalue weighted by molar-refractivity contribution is 0.221. The molecule has 0 radical (unpaired) electrons. The Hall–Kier alpha value is 0.140. The van der Waals surface area contributed by atoms with E-state index >= 15 is 0 Å². The van der Waals surface area contributed by atoms with Crippen molar-refractivity contribution in [1.29, 1.82) is 5.26 Å². The molecule has 34 valence electrons. The van der Waals surface area contributed by atoms with E-state index in [1.165, 1.54) is 28.7 Å². The molecule has 0 spiro atoms. The Balaban J connectivity index is 3.55. The van der Waals surface area contributed by atoms with Crippen molar-refractivity contribution in [1.82, 2.24) is 0 Å². The van der Waals surface area contributed by atoms with E-state index in [-0.39, 0.29) is 0 Å². The van der Waals surface area contributed by atoms with Crippen LogP contribution in [0.4, 0.5) is 0 Å². The van der Waals surface area contributed by atoms with Crippen molar-refractivity contribution in [3.63, 3.8) is 0 Å². The van der Waals surface area contributed by atoms with Crippen LogP contribution in [0.1, 0.15) is 0 Å². The lowest BCUT2D eigenvalue weighted by Crippen LogP contribution is -2.28. The van der Waals surface area contributed by atoms with Crippen molar-refractivity contribution in [2.24, 2.45) is 5.73 Å². The molecule has 0 aliphatic heterocycles. The molecule has 0 heterocycles. The quantitative estimate of drug-likeness (QED) is 0.182. The smallest absolute Gasteiger partial charge is 0.255 e. The Morgan fingerprint density at radius 3 is 2.17 bits per heavy atom. The molecule has 0 bridgehead atoms. The number of nitrogens with zero attached hydrogens (tertiary/aromatic N) is 1. The number of nitrogens with two attached hydrogens (primary N) is 1.